The maximum absolute atomic E-state index is 12.4. The fourth-order valence-corrected chi connectivity index (χ4v) is 3.52. The summed E-state index contributed by atoms with van der Waals surface area (Å²) < 4.78 is 23.6. The van der Waals surface area contributed by atoms with E-state index in [1.54, 1.807) is 13.8 Å². The Morgan fingerprint density at radius 2 is 1.80 bits per heavy atom. The number of hydrazine groups is 2. The number of hydrogen-bond acceptors (Lipinski definition) is 10. The van der Waals surface area contributed by atoms with Crippen LogP contribution < -0.4 is 22.5 Å². The molecule has 14 heteroatoms. The summed E-state index contributed by atoms with van der Waals surface area (Å²) in [5.74, 6) is 6.96. The van der Waals surface area contributed by atoms with Crippen LogP contribution in [0.25, 0.3) is 0 Å². The fraction of sp³-hybridized carbons (Fsp3) is 0.636. The highest BCUT2D eigenvalue weighted by Gasteiger charge is 2.34. The zero-order valence-electron chi connectivity index (χ0n) is 13.8. The van der Waals surface area contributed by atoms with Crippen molar-refractivity contribution in [1.29, 1.82) is 0 Å². The molecular weight excluding hydrogens is 357 g/mol. The van der Waals surface area contributed by atoms with Crippen LogP contribution in [0.3, 0.4) is 0 Å². The van der Waals surface area contributed by atoms with E-state index in [-0.39, 0.29) is 37.6 Å². The number of aryl methyl sites for hydroxylation is 1. The number of carbonyl (C=O) groups is 2. The lowest BCUT2D eigenvalue weighted by Crippen LogP contribution is -2.36. The Hall–Kier alpha value is -1.89. The number of aromatic nitrogens is 3. The van der Waals surface area contributed by atoms with Crippen molar-refractivity contribution in [1.82, 2.24) is 25.8 Å². The van der Waals surface area contributed by atoms with Gasteiger partial charge in [-0.05, 0) is 13.8 Å². The van der Waals surface area contributed by atoms with Crippen LogP contribution >= 0.6 is 7.60 Å². The zero-order chi connectivity index (χ0) is 19.0. The lowest BCUT2D eigenvalue weighted by atomic mass is 10.3. The molecule has 0 bridgehead atoms. The molecule has 1 atom stereocenters. The minimum Gasteiger partial charge on any atom is -0.380 e. The number of carbonyl (C=O) groups excluding carboxylic acids is 2. The Morgan fingerprint density at radius 1 is 1.24 bits per heavy atom. The normalized spacial score (nSPS) is 12.7. The summed E-state index contributed by atoms with van der Waals surface area (Å²) >= 11 is 0. The van der Waals surface area contributed by atoms with Crippen LogP contribution in [0.2, 0.25) is 0 Å². The van der Waals surface area contributed by atoms with Gasteiger partial charge in [-0.15, -0.1) is 5.10 Å². The van der Waals surface area contributed by atoms with Gasteiger partial charge in [-0.1, -0.05) is 5.21 Å². The molecule has 0 aliphatic heterocycles. The molecule has 1 heterocycles. The summed E-state index contributed by atoms with van der Waals surface area (Å²) in [6.45, 7) is 3.27. The predicted octanol–water partition coefficient (Wildman–Crippen LogP) is -1.54. The molecule has 25 heavy (non-hydrogen) atoms. The van der Waals surface area contributed by atoms with E-state index in [9.17, 15) is 19.3 Å². The first-order chi connectivity index (χ1) is 11.8. The second-order valence-electron chi connectivity index (χ2n) is 4.60. The van der Waals surface area contributed by atoms with Crippen LogP contribution in [0.15, 0.2) is 0 Å². The third-order valence-electron chi connectivity index (χ3n) is 3.01. The second kappa shape index (κ2) is 9.56. The number of amides is 2. The van der Waals surface area contributed by atoms with Gasteiger partial charge < -0.3 is 14.2 Å². The number of nitrogens with two attached hydrogens (primary N) is 2. The molecule has 142 valence electrons. The molecule has 0 radical (unpaired) electrons. The van der Waals surface area contributed by atoms with E-state index in [0.717, 1.165) is 4.68 Å². The molecule has 7 N–H and O–H groups in total. The Bertz CT molecular complexity index is 641. The minimum absolute atomic E-state index is 0.0827. The van der Waals surface area contributed by atoms with Crippen LogP contribution in [0, 0.1) is 0 Å². The van der Waals surface area contributed by atoms with E-state index in [0.29, 0.717) is 0 Å². The Labute approximate surface area is 143 Å². The van der Waals surface area contributed by atoms with E-state index in [2.05, 4.69) is 10.3 Å². The van der Waals surface area contributed by atoms with Gasteiger partial charge in [0, 0.05) is 13.0 Å². The van der Waals surface area contributed by atoms with Gasteiger partial charge in [-0.2, -0.15) is 0 Å². The van der Waals surface area contributed by atoms with Crippen molar-refractivity contribution < 1.29 is 28.3 Å². The highest BCUT2D eigenvalue weighted by atomic mass is 31.2. The highest BCUT2D eigenvalue weighted by Crippen LogP contribution is 2.53. The van der Waals surface area contributed by atoms with Crippen molar-refractivity contribution in [2.75, 3.05) is 13.2 Å². The molecular formula is C11H22N7O6P. The summed E-state index contributed by atoms with van der Waals surface area (Å²) in [4.78, 5) is 23.5. The molecule has 0 aliphatic rings. The number of nitrogens with one attached hydrogen (secondary N) is 2. The van der Waals surface area contributed by atoms with Crippen molar-refractivity contribution in [2.24, 2.45) is 11.7 Å². The van der Waals surface area contributed by atoms with Crippen LogP contribution in [0.5, 0.6) is 0 Å². The first-order valence-electron chi connectivity index (χ1n) is 7.36. The van der Waals surface area contributed by atoms with Crippen LogP contribution in [-0.2, 0) is 20.2 Å². The third-order valence-corrected chi connectivity index (χ3v) is 5.23. The van der Waals surface area contributed by atoms with Gasteiger partial charge in [0.15, 0.2) is 17.2 Å². The van der Waals surface area contributed by atoms with E-state index in [4.69, 9.17) is 20.7 Å². The average Bonchev–Trinajstić information content (AvgIpc) is 3.02. The van der Waals surface area contributed by atoms with Gasteiger partial charge in [-0.3, -0.25) is 25.0 Å². The summed E-state index contributed by atoms with van der Waals surface area (Å²) in [7, 11) is -3.74. The van der Waals surface area contributed by atoms with Gasteiger partial charge >= 0.3 is 7.60 Å². The molecule has 0 fully saturated rings. The number of aliphatic hydroxyl groups excluding tert-OH is 1. The largest absolute Gasteiger partial charge is 0.380 e. The van der Waals surface area contributed by atoms with E-state index in [1.165, 1.54) is 0 Å². The fourth-order valence-electron chi connectivity index (χ4n) is 1.95. The smallest absolute Gasteiger partial charge is 0.358 e. The molecule has 0 aromatic carbocycles. The SMILES string of the molecule is CCOP(=O)(OCC)C(O)CCn1nnc(C(=O)NN)c1C(=O)NN. The monoisotopic (exact) mass is 379 g/mol. The van der Waals surface area contributed by atoms with Gasteiger partial charge in [0.25, 0.3) is 11.8 Å². The lowest BCUT2D eigenvalue weighted by Gasteiger charge is -2.22. The molecule has 13 nitrogen and oxygen atoms in total. The number of nitrogens with zero attached hydrogens (tertiary/aromatic N) is 3. The van der Waals surface area contributed by atoms with E-state index in [1.807, 2.05) is 10.9 Å². The molecule has 0 saturated carbocycles. The third kappa shape index (κ3) is 5.04. The maximum atomic E-state index is 12.4. The standard InChI is InChI=1S/C11H22N7O6P/c1-3-23-25(22,24-4-2)7(19)5-6-18-9(11(21)15-13)8(16-17-18)10(20)14-12/h7,19H,3-6,12-13H2,1-2H3,(H,14,20)(H,15,21). The number of nitrogen functional groups attached to an aromatic ring is 2. The topological polar surface area (TPSA) is 197 Å². The first-order valence-corrected chi connectivity index (χ1v) is 8.97. The molecule has 1 unspecified atom stereocenters. The van der Waals surface area contributed by atoms with Gasteiger partial charge in [-0.25, -0.2) is 16.4 Å². The van der Waals surface area contributed by atoms with Crippen LogP contribution in [-0.4, -0.2) is 51.0 Å². The summed E-state index contributed by atoms with van der Waals surface area (Å²) in [6, 6.07) is 0. The molecule has 0 aliphatic carbocycles. The predicted molar refractivity (Wildman–Crippen MR) is 84.8 cm³/mol. The van der Waals surface area contributed by atoms with Crippen LogP contribution in [0.4, 0.5) is 0 Å². The van der Waals surface area contributed by atoms with Crippen LogP contribution in [0.1, 0.15) is 41.2 Å². The maximum Gasteiger partial charge on any atom is 0.358 e. The van der Waals surface area contributed by atoms with Crippen molar-refractivity contribution in [3.8, 4) is 0 Å². The summed E-state index contributed by atoms with van der Waals surface area (Å²) in [6.07, 6.45) is -0.144. The quantitative estimate of drug-likeness (QED) is 0.137. The average molecular weight is 379 g/mol. The molecule has 0 saturated heterocycles. The van der Waals surface area contributed by atoms with Gasteiger partial charge in [0.2, 0.25) is 0 Å². The van der Waals surface area contributed by atoms with Crippen molar-refractivity contribution in [3.63, 3.8) is 0 Å². The van der Waals surface area contributed by atoms with Crippen molar-refractivity contribution in [3.05, 3.63) is 11.4 Å². The summed E-state index contributed by atoms with van der Waals surface area (Å²) in [5, 5.41) is 17.4. The van der Waals surface area contributed by atoms with Gasteiger partial charge in [0.05, 0.1) is 13.2 Å². The first kappa shape index (κ1) is 21.2. The lowest BCUT2D eigenvalue weighted by molar-refractivity contribution is 0.0909. The Morgan fingerprint density at radius 3 is 2.28 bits per heavy atom. The van der Waals surface area contributed by atoms with Crippen molar-refractivity contribution in [2.45, 2.75) is 32.7 Å². The Balaban J connectivity index is 2.99. The number of rotatable bonds is 10. The summed E-state index contributed by atoms with van der Waals surface area (Å²) in [5.41, 5.74) is 3.07. The molecule has 1 rings (SSSR count). The number of aliphatic hydroxyl groups is 1. The van der Waals surface area contributed by atoms with E-state index >= 15 is 0 Å². The van der Waals surface area contributed by atoms with E-state index < -0.39 is 25.3 Å². The highest BCUT2D eigenvalue weighted by molar-refractivity contribution is 7.54. The number of hydrogen-bond donors (Lipinski definition) is 5. The minimum atomic E-state index is -3.74. The second-order valence-corrected chi connectivity index (χ2v) is 6.79. The molecule has 1 aromatic rings. The molecule has 2 amide bonds. The molecule has 1 aromatic heterocycles. The molecule has 0 spiro atoms. The van der Waals surface area contributed by atoms with Crippen molar-refractivity contribution >= 4 is 19.4 Å². The van der Waals surface area contributed by atoms with Gasteiger partial charge in [0.1, 0.15) is 0 Å². The zero-order valence-corrected chi connectivity index (χ0v) is 14.7. The Kier molecular flexibility index (Phi) is 8.09.